The molecule has 1 unspecified atom stereocenters. The predicted molar refractivity (Wildman–Crippen MR) is 90.1 cm³/mol. The minimum absolute atomic E-state index is 0.0883. The van der Waals surface area contributed by atoms with Gasteiger partial charge in [-0.15, -0.1) is 0 Å². The Morgan fingerprint density at radius 1 is 1.38 bits per heavy atom. The second kappa shape index (κ2) is 7.35. The Kier molecular flexibility index (Phi) is 5.00. The van der Waals surface area contributed by atoms with Crippen molar-refractivity contribution < 1.29 is 9.90 Å². The molecule has 0 spiro atoms. The molecule has 0 aromatic carbocycles. The first-order valence-electron chi connectivity index (χ1n) is 8.11. The van der Waals surface area contributed by atoms with Gasteiger partial charge in [0.1, 0.15) is 11.5 Å². The molecular weight excluding hydrogens is 306 g/mol. The summed E-state index contributed by atoms with van der Waals surface area (Å²) in [5.74, 6) is 0.636. The average Bonchev–Trinajstić information content (AvgIpc) is 3.02. The number of carboxylic acid groups (broad SMARTS) is 1. The molecule has 2 N–H and O–H groups in total. The Labute approximate surface area is 140 Å². The fraction of sp³-hybridized carbons (Fsp3) is 0.412. The van der Waals surface area contributed by atoms with Gasteiger partial charge in [-0.3, -0.25) is 14.7 Å². The van der Waals surface area contributed by atoms with Crippen molar-refractivity contribution in [3.8, 4) is 0 Å². The van der Waals surface area contributed by atoms with Crippen molar-refractivity contribution in [1.82, 2.24) is 19.9 Å². The van der Waals surface area contributed by atoms with Crippen LogP contribution in [0.15, 0.2) is 30.6 Å². The van der Waals surface area contributed by atoms with E-state index < -0.39 is 5.97 Å². The number of likely N-dealkylation sites (tertiary alicyclic amines) is 1. The zero-order chi connectivity index (χ0) is 16.9. The lowest BCUT2D eigenvalue weighted by molar-refractivity contribution is -0.137. The van der Waals surface area contributed by atoms with Crippen LogP contribution >= 0.6 is 0 Å². The van der Waals surface area contributed by atoms with Crippen LogP contribution < -0.4 is 5.32 Å². The van der Waals surface area contributed by atoms with E-state index in [-0.39, 0.29) is 12.5 Å². The minimum Gasteiger partial charge on any atom is -0.481 e. The number of hydrogen-bond donors (Lipinski definition) is 2. The number of aromatic nitrogens is 3. The first kappa shape index (κ1) is 16.3. The van der Waals surface area contributed by atoms with Gasteiger partial charge in [0, 0.05) is 24.6 Å². The number of pyridine rings is 1. The molecular formula is C17H21N5O2. The Hall–Kier alpha value is -2.54. The monoisotopic (exact) mass is 327 g/mol. The molecule has 7 nitrogen and oxygen atoms in total. The van der Waals surface area contributed by atoms with E-state index in [0.29, 0.717) is 12.4 Å². The van der Waals surface area contributed by atoms with Crippen LogP contribution in [-0.4, -0.2) is 44.0 Å². The number of nitrogens with zero attached hydrogens (tertiary/aromatic N) is 4. The van der Waals surface area contributed by atoms with Crippen molar-refractivity contribution in [2.45, 2.75) is 32.2 Å². The van der Waals surface area contributed by atoms with Crippen molar-refractivity contribution in [2.24, 2.45) is 0 Å². The number of nitrogens with one attached hydrogen (secondary N) is 1. The molecule has 1 aliphatic heterocycles. The summed E-state index contributed by atoms with van der Waals surface area (Å²) in [4.78, 5) is 26.4. The van der Waals surface area contributed by atoms with Crippen LogP contribution in [0.5, 0.6) is 0 Å². The number of anilines is 2. The van der Waals surface area contributed by atoms with Gasteiger partial charge < -0.3 is 10.4 Å². The van der Waals surface area contributed by atoms with E-state index >= 15 is 0 Å². The third-order valence-electron chi connectivity index (χ3n) is 4.15. The first-order valence-corrected chi connectivity index (χ1v) is 8.11. The molecule has 1 aliphatic rings. The van der Waals surface area contributed by atoms with Gasteiger partial charge in [-0.05, 0) is 38.4 Å². The number of aryl methyl sites for hydroxylation is 1. The van der Waals surface area contributed by atoms with Crippen LogP contribution in [-0.2, 0) is 4.79 Å². The van der Waals surface area contributed by atoms with E-state index in [4.69, 9.17) is 5.11 Å². The number of carbonyl (C=O) groups is 1. The maximum Gasteiger partial charge on any atom is 0.304 e. The number of aliphatic carboxylic acids is 1. The van der Waals surface area contributed by atoms with Gasteiger partial charge >= 0.3 is 5.97 Å². The predicted octanol–water partition coefficient (Wildman–Crippen LogP) is 2.54. The summed E-state index contributed by atoms with van der Waals surface area (Å²) >= 11 is 0. The van der Waals surface area contributed by atoms with Gasteiger partial charge in [0.15, 0.2) is 5.82 Å². The Morgan fingerprint density at radius 2 is 2.21 bits per heavy atom. The smallest absolute Gasteiger partial charge is 0.304 e. The molecule has 3 heterocycles. The zero-order valence-electron chi connectivity index (χ0n) is 13.6. The zero-order valence-corrected chi connectivity index (χ0v) is 13.6. The third kappa shape index (κ3) is 3.86. The summed E-state index contributed by atoms with van der Waals surface area (Å²) in [5.41, 5.74) is 1.78. The van der Waals surface area contributed by atoms with E-state index in [1.165, 1.54) is 0 Å². The maximum absolute atomic E-state index is 10.9. The molecule has 0 aliphatic carbocycles. The topological polar surface area (TPSA) is 91.2 Å². The summed E-state index contributed by atoms with van der Waals surface area (Å²) in [6.07, 6.45) is 5.45. The molecule has 1 atom stereocenters. The lowest BCUT2D eigenvalue weighted by Crippen LogP contribution is -2.27. The molecule has 0 amide bonds. The SMILES string of the molecule is Cc1cccc(Nc2nccnc2C2CCCN2CCC(=O)O)n1. The molecule has 24 heavy (non-hydrogen) atoms. The summed E-state index contributed by atoms with van der Waals surface area (Å²) in [6, 6.07) is 5.86. The fourth-order valence-corrected chi connectivity index (χ4v) is 3.07. The number of rotatable bonds is 6. The maximum atomic E-state index is 10.9. The summed E-state index contributed by atoms with van der Waals surface area (Å²) < 4.78 is 0. The molecule has 1 fully saturated rings. The van der Waals surface area contributed by atoms with E-state index in [0.717, 1.165) is 36.6 Å². The third-order valence-corrected chi connectivity index (χ3v) is 4.15. The molecule has 3 rings (SSSR count). The van der Waals surface area contributed by atoms with Crippen molar-refractivity contribution in [3.05, 3.63) is 42.0 Å². The Morgan fingerprint density at radius 3 is 3.00 bits per heavy atom. The summed E-state index contributed by atoms with van der Waals surface area (Å²) in [6.45, 7) is 3.35. The van der Waals surface area contributed by atoms with Gasteiger partial charge in [-0.1, -0.05) is 6.07 Å². The molecule has 0 radical (unpaired) electrons. The van der Waals surface area contributed by atoms with Gasteiger partial charge in [0.25, 0.3) is 0 Å². The van der Waals surface area contributed by atoms with Crippen LogP contribution in [0.4, 0.5) is 11.6 Å². The van der Waals surface area contributed by atoms with E-state index in [2.05, 4.69) is 25.2 Å². The van der Waals surface area contributed by atoms with E-state index in [1.54, 1.807) is 12.4 Å². The van der Waals surface area contributed by atoms with Crippen molar-refractivity contribution in [3.63, 3.8) is 0 Å². The molecule has 0 bridgehead atoms. The Balaban J connectivity index is 1.81. The number of carboxylic acids is 1. The average molecular weight is 327 g/mol. The second-order valence-electron chi connectivity index (χ2n) is 5.92. The summed E-state index contributed by atoms with van der Waals surface area (Å²) in [7, 11) is 0. The summed E-state index contributed by atoms with van der Waals surface area (Å²) in [5, 5.41) is 12.2. The van der Waals surface area contributed by atoms with Gasteiger partial charge in [0.2, 0.25) is 0 Å². The van der Waals surface area contributed by atoms with E-state index in [9.17, 15) is 4.79 Å². The second-order valence-corrected chi connectivity index (χ2v) is 5.92. The highest BCUT2D eigenvalue weighted by Gasteiger charge is 2.29. The standard InChI is InChI=1S/C17H21N5O2/c1-12-4-2-6-14(20-12)21-17-16(18-8-9-19-17)13-5-3-10-22(13)11-7-15(23)24/h2,4,6,8-9,13H,3,5,7,10-11H2,1H3,(H,23,24)(H,19,20,21). The highest BCUT2D eigenvalue weighted by Crippen LogP contribution is 2.34. The largest absolute Gasteiger partial charge is 0.481 e. The molecule has 126 valence electrons. The van der Waals surface area contributed by atoms with Crippen LogP contribution in [0.2, 0.25) is 0 Å². The van der Waals surface area contributed by atoms with Crippen molar-refractivity contribution >= 4 is 17.6 Å². The fourth-order valence-electron chi connectivity index (χ4n) is 3.07. The van der Waals surface area contributed by atoms with Crippen LogP contribution in [0.3, 0.4) is 0 Å². The first-order chi connectivity index (χ1) is 11.6. The van der Waals surface area contributed by atoms with Gasteiger partial charge in [0.05, 0.1) is 12.5 Å². The Bertz CT molecular complexity index is 722. The molecule has 2 aromatic rings. The molecule has 0 saturated carbocycles. The lowest BCUT2D eigenvalue weighted by atomic mass is 10.1. The van der Waals surface area contributed by atoms with Crippen LogP contribution in [0.25, 0.3) is 0 Å². The number of hydrogen-bond acceptors (Lipinski definition) is 6. The van der Waals surface area contributed by atoms with Crippen molar-refractivity contribution in [1.29, 1.82) is 0 Å². The molecule has 1 saturated heterocycles. The lowest BCUT2D eigenvalue weighted by Gasteiger charge is -2.24. The van der Waals surface area contributed by atoms with Crippen LogP contribution in [0.1, 0.15) is 36.7 Å². The quantitative estimate of drug-likeness (QED) is 0.842. The van der Waals surface area contributed by atoms with E-state index in [1.807, 2.05) is 25.1 Å². The van der Waals surface area contributed by atoms with Gasteiger partial charge in [-0.25, -0.2) is 9.97 Å². The molecule has 7 heteroatoms. The van der Waals surface area contributed by atoms with Crippen LogP contribution in [0, 0.1) is 6.92 Å². The highest BCUT2D eigenvalue weighted by atomic mass is 16.4. The molecule has 2 aromatic heterocycles. The van der Waals surface area contributed by atoms with Crippen molar-refractivity contribution in [2.75, 3.05) is 18.4 Å². The highest BCUT2D eigenvalue weighted by molar-refractivity contribution is 5.66. The van der Waals surface area contributed by atoms with Gasteiger partial charge in [-0.2, -0.15) is 0 Å². The normalized spacial score (nSPS) is 17.8. The minimum atomic E-state index is -0.776.